The molecule has 32 heavy (non-hydrogen) atoms. The van der Waals surface area contributed by atoms with Crippen LogP contribution in [-0.4, -0.2) is 32.0 Å². The van der Waals surface area contributed by atoms with Crippen LogP contribution in [-0.2, 0) is 17.8 Å². The van der Waals surface area contributed by atoms with Gasteiger partial charge in [-0.25, -0.2) is 4.98 Å². The molecule has 8 heteroatoms. The molecular weight excluding hydrogens is 428 g/mol. The SMILES string of the molecule is Cc1oc(-c2ccccc2)nc1CC(=O)N(Cc1nnc(-c2ccccc2Cl)o1)C1CC1. The second-order valence-corrected chi connectivity index (χ2v) is 8.21. The Labute approximate surface area is 190 Å². The molecule has 162 valence electrons. The van der Waals surface area contributed by atoms with E-state index in [-0.39, 0.29) is 24.9 Å². The predicted octanol–water partition coefficient (Wildman–Crippen LogP) is 5.09. The largest absolute Gasteiger partial charge is 0.441 e. The molecule has 1 aliphatic rings. The van der Waals surface area contributed by atoms with Crippen LogP contribution in [0.5, 0.6) is 0 Å². The molecule has 0 radical (unpaired) electrons. The first kappa shape index (κ1) is 20.5. The molecule has 7 nitrogen and oxygen atoms in total. The second kappa shape index (κ2) is 8.59. The van der Waals surface area contributed by atoms with E-state index in [2.05, 4.69) is 15.2 Å². The highest BCUT2D eigenvalue weighted by Crippen LogP contribution is 2.31. The maximum Gasteiger partial charge on any atom is 0.249 e. The molecule has 0 spiro atoms. The van der Waals surface area contributed by atoms with E-state index in [0.717, 1.165) is 18.4 Å². The molecule has 5 rings (SSSR count). The van der Waals surface area contributed by atoms with Gasteiger partial charge in [0.15, 0.2) is 0 Å². The zero-order valence-electron chi connectivity index (χ0n) is 17.5. The average molecular weight is 449 g/mol. The molecule has 2 heterocycles. The summed E-state index contributed by atoms with van der Waals surface area (Å²) in [7, 11) is 0. The summed E-state index contributed by atoms with van der Waals surface area (Å²) < 4.78 is 11.6. The standard InChI is InChI=1S/C24H21ClN4O3/c1-15-20(26-23(31-15)16-7-3-2-4-8-16)13-22(30)29(17-11-12-17)14-21-27-28-24(32-21)18-9-5-6-10-19(18)25/h2-10,17H,11-14H2,1H3. The third-order valence-corrected chi connectivity index (χ3v) is 5.75. The number of carbonyl (C=O) groups excluding carboxylic acids is 1. The Morgan fingerprint density at radius 3 is 2.53 bits per heavy atom. The number of carbonyl (C=O) groups is 1. The van der Waals surface area contributed by atoms with Crippen LogP contribution in [0.1, 0.15) is 30.2 Å². The summed E-state index contributed by atoms with van der Waals surface area (Å²) in [6, 6.07) is 17.1. The first-order valence-electron chi connectivity index (χ1n) is 10.5. The van der Waals surface area contributed by atoms with E-state index in [1.165, 1.54) is 0 Å². The number of nitrogens with zero attached hydrogens (tertiary/aromatic N) is 4. The van der Waals surface area contributed by atoms with E-state index in [9.17, 15) is 4.79 Å². The highest BCUT2D eigenvalue weighted by molar-refractivity contribution is 6.33. The summed E-state index contributed by atoms with van der Waals surface area (Å²) >= 11 is 6.23. The normalized spacial score (nSPS) is 13.3. The fourth-order valence-electron chi connectivity index (χ4n) is 3.55. The number of aromatic nitrogens is 3. The topological polar surface area (TPSA) is 85.3 Å². The van der Waals surface area contributed by atoms with Gasteiger partial charge in [0.25, 0.3) is 0 Å². The molecule has 1 saturated carbocycles. The van der Waals surface area contributed by atoms with Crippen LogP contribution in [0, 0.1) is 6.92 Å². The molecule has 2 aromatic carbocycles. The van der Waals surface area contributed by atoms with Crippen molar-refractivity contribution in [2.45, 2.75) is 38.8 Å². The lowest BCUT2D eigenvalue weighted by Crippen LogP contribution is -2.34. The van der Waals surface area contributed by atoms with Gasteiger partial charge in [-0.2, -0.15) is 0 Å². The van der Waals surface area contributed by atoms with Crippen molar-refractivity contribution in [1.29, 1.82) is 0 Å². The smallest absolute Gasteiger partial charge is 0.249 e. The summed E-state index contributed by atoms with van der Waals surface area (Å²) in [6.07, 6.45) is 2.08. The van der Waals surface area contributed by atoms with Gasteiger partial charge >= 0.3 is 0 Å². The highest BCUT2D eigenvalue weighted by Gasteiger charge is 2.34. The van der Waals surface area contributed by atoms with Gasteiger partial charge in [-0.1, -0.05) is 41.9 Å². The first-order chi connectivity index (χ1) is 15.6. The van der Waals surface area contributed by atoms with Gasteiger partial charge in [0.05, 0.1) is 29.2 Å². The number of amides is 1. The summed E-state index contributed by atoms with van der Waals surface area (Å²) in [4.78, 5) is 19.5. The molecule has 1 aliphatic carbocycles. The van der Waals surface area contributed by atoms with Crippen molar-refractivity contribution >= 4 is 17.5 Å². The number of oxazole rings is 1. The third-order valence-electron chi connectivity index (χ3n) is 5.42. The minimum atomic E-state index is -0.0407. The minimum Gasteiger partial charge on any atom is -0.441 e. The molecule has 0 unspecified atom stereocenters. The van der Waals surface area contributed by atoms with Crippen LogP contribution in [0.15, 0.2) is 63.4 Å². The van der Waals surface area contributed by atoms with Crippen LogP contribution < -0.4 is 0 Å². The summed E-state index contributed by atoms with van der Waals surface area (Å²) in [5.74, 6) is 1.84. The molecule has 1 amide bonds. The Morgan fingerprint density at radius 2 is 1.78 bits per heavy atom. The molecule has 0 saturated heterocycles. The van der Waals surface area contributed by atoms with Crippen LogP contribution in [0.3, 0.4) is 0 Å². The van der Waals surface area contributed by atoms with E-state index in [1.807, 2.05) is 55.5 Å². The van der Waals surface area contributed by atoms with E-state index in [4.69, 9.17) is 20.4 Å². The van der Waals surface area contributed by atoms with Gasteiger partial charge in [-0.05, 0) is 44.0 Å². The van der Waals surface area contributed by atoms with Gasteiger partial charge in [-0.15, -0.1) is 10.2 Å². The van der Waals surface area contributed by atoms with Crippen molar-refractivity contribution in [2.24, 2.45) is 0 Å². The molecular formula is C24H21ClN4O3. The highest BCUT2D eigenvalue weighted by atomic mass is 35.5. The Bertz CT molecular complexity index is 1250. The second-order valence-electron chi connectivity index (χ2n) is 7.80. The van der Waals surface area contributed by atoms with Crippen LogP contribution in [0.4, 0.5) is 0 Å². The zero-order chi connectivity index (χ0) is 22.1. The maximum absolute atomic E-state index is 13.2. The molecule has 0 bridgehead atoms. The van der Waals surface area contributed by atoms with Crippen LogP contribution in [0.25, 0.3) is 22.9 Å². The number of aryl methyl sites for hydroxylation is 1. The quantitative estimate of drug-likeness (QED) is 0.391. The van der Waals surface area contributed by atoms with E-state index in [0.29, 0.717) is 39.7 Å². The fourth-order valence-corrected chi connectivity index (χ4v) is 3.77. The van der Waals surface area contributed by atoms with Crippen LogP contribution in [0.2, 0.25) is 5.02 Å². The molecule has 0 aliphatic heterocycles. The van der Waals surface area contributed by atoms with Crippen molar-refractivity contribution < 1.29 is 13.6 Å². The number of halogens is 1. The Kier molecular flexibility index (Phi) is 5.49. The number of rotatable bonds is 7. The van der Waals surface area contributed by atoms with Gasteiger partial charge in [0.2, 0.25) is 23.6 Å². The van der Waals surface area contributed by atoms with Gasteiger partial charge in [0.1, 0.15) is 5.76 Å². The molecule has 0 atom stereocenters. The lowest BCUT2D eigenvalue weighted by atomic mass is 10.2. The lowest BCUT2D eigenvalue weighted by molar-refractivity contribution is -0.132. The van der Waals surface area contributed by atoms with E-state index >= 15 is 0 Å². The number of hydrogen-bond acceptors (Lipinski definition) is 6. The maximum atomic E-state index is 13.2. The van der Waals surface area contributed by atoms with Crippen LogP contribution >= 0.6 is 11.6 Å². The van der Waals surface area contributed by atoms with Gasteiger partial charge in [-0.3, -0.25) is 4.79 Å². The van der Waals surface area contributed by atoms with Crippen molar-refractivity contribution in [2.75, 3.05) is 0 Å². The lowest BCUT2D eigenvalue weighted by Gasteiger charge is -2.20. The Balaban J connectivity index is 1.32. The molecule has 0 N–H and O–H groups in total. The van der Waals surface area contributed by atoms with E-state index in [1.54, 1.807) is 11.0 Å². The Hall–Kier alpha value is -3.45. The summed E-state index contributed by atoms with van der Waals surface area (Å²) in [6.45, 7) is 2.08. The third kappa shape index (κ3) is 4.29. The monoisotopic (exact) mass is 448 g/mol. The summed E-state index contributed by atoms with van der Waals surface area (Å²) in [5.41, 5.74) is 2.19. The zero-order valence-corrected chi connectivity index (χ0v) is 18.2. The van der Waals surface area contributed by atoms with Crippen molar-refractivity contribution in [3.63, 3.8) is 0 Å². The van der Waals surface area contributed by atoms with E-state index < -0.39 is 0 Å². The van der Waals surface area contributed by atoms with Crippen molar-refractivity contribution in [1.82, 2.24) is 20.1 Å². The Morgan fingerprint density at radius 1 is 1.03 bits per heavy atom. The van der Waals surface area contributed by atoms with Crippen molar-refractivity contribution in [3.8, 4) is 22.9 Å². The summed E-state index contributed by atoms with van der Waals surface area (Å²) in [5, 5.41) is 8.77. The number of hydrogen-bond donors (Lipinski definition) is 0. The minimum absolute atomic E-state index is 0.0407. The molecule has 1 fully saturated rings. The molecule has 2 aromatic heterocycles. The number of benzene rings is 2. The first-order valence-corrected chi connectivity index (χ1v) is 10.8. The average Bonchev–Trinajstić information content (AvgIpc) is 3.43. The fraction of sp³-hybridized carbons (Fsp3) is 0.250. The predicted molar refractivity (Wildman–Crippen MR) is 119 cm³/mol. The molecule has 4 aromatic rings. The van der Waals surface area contributed by atoms with Gasteiger partial charge in [0, 0.05) is 11.6 Å². The van der Waals surface area contributed by atoms with Gasteiger partial charge < -0.3 is 13.7 Å². The van der Waals surface area contributed by atoms with Crippen molar-refractivity contribution in [3.05, 3.63) is 77.0 Å².